The first-order valence-corrected chi connectivity index (χ1v) is 11.9. The number of ether oxygens (including phenoxy) is 7. The van der Waals surface area contributed by atoms with Crippen molar-refractivity contribution in [3.8, 4) is 23.0 Å². The molecule has 0 saturated heterocycles. The molecule has 0 N–H and O–H groups in total. The highest BCUT2D eigenvalue weighted by molar-refractivity contribution is 5.71. The Bertz CT molecular complexity index is 1200. The van der Waals surface area contributed by atoms with Crippen molar-refractivity contribution in [1.29, 1.82) is 0 Å². The average molecular weight is 545 g/mol. The van der Waals surface area contributed by atoms with Crippen LogP contribution < -0.4 is 18.9 Å². The van der Waals surface area contributed by atoms with E-state index in [1.165, 1.54) is 54.0 Å². The van der Waals surface area contributed by atoms with Crippen LogP contribution in [-0.2, 0) is 33.4 Å². The maximum atomic E-state index is 12.1. The van der Waals surface area contributed by atoms with Gasteiger partial charge in [0.2, 0.25) is 0 Å². The van der Waals surface area contributed by atoms with Gasteiger partial charge in [0.15, 0.2) is 35.2 Å². The lowest BCUT2D eigenvalue weighted by Crippen LogP contribution is -2.34. The van der Waals surface area contributed by atoms with E-state index >= 15 is 0 Å². The van der Waals surface area contributed by atoms with E-state index in [1.54, 1.807) is 36.4 Å². The summed E-state index contributed by atoms with van der Waals surface area (Å²) < 4.78 is 37.9. The zero-order chi connectivity index (χ0) is 28.9. The Balaban J connectivity index is 2.45. The molecule has 0 unspecified atom stereocenters. The second-order valence-corrected chi connectivity index (χ2v) is 8.11. The maximum Gasteiger partial charge on any atom is 0.308 e. The first kappa shape index (κ1) is 30.7. The molecule has 0 saturated carbocycles. The number of hydrogen-bond acceptors (Lipinski definition) is 11. The number of benzene rings is 2. The molecular weight excluding hydrogens is 512 g/mol. The van der Waals surface area contributed by atoms with Gasteiger partial charge in [-0.25, -0.2) is 0 Å². The Labute approximate surface area is 226 Å². The van der Waals surface area contributed by atoms with E-state index in [-0.39, 0.29) is 36.4 Å². The van der Waals surface area contributed by atoms with Crippen molar-refractivity contribution in [2.24, 2.45) is 0 Å². The zero-order valence-electron chi connectivity index (χ0n) is 22.7. The van der Waals surface area contributed by atoms with Crippen molar-refractivity contribution in [3.63, 3.8) is 0 Å². The fourth-order valence-corrected chi connectivity index (χ4v) is 3.42. The Morgan fingerprint density at radius 2 is 1.38 bits per heavy atom. The quantitative estimate of drug-likeness (QED) is 0.207. The molecule has 2 rings (SSSR count). The summed E-state index contributed by atoms with van der Waals surface area (Å²) in [6, 6.07) is 9.67. The molecule has 0 fully saturated rings. The highest BCUT2D eigenvalue weighted by Gasteiger charge is 2.31. The third kappa shape index (κ3) is 10.0. The van der Waals surface area contributed by atoms with Crippen LogP contribution >= 0.6 is 0 Å². The fraction of sp³-hybridized carbons (Fsp3) is 0.357. The second-order valence-electron chi connectivity index (χ2n) is 8.11. The van der Waals surface area contributed by atoms with Gasteiger partial charge >= 0.3 is 23.9 Å². The minimum absolute atomic E-state index is 0.115. The van der Waals surface area contributed by atoms with Gasteiger partial charge in [0.25, 0.3) is 0 Å². The number of carbonyl (C=O) groups excluding carboxylic acids is 4. The number of rotatable bonds is 13. The van der Waals surface area contributed by atoms with Crippen molar-refractivity contribution in [2.45, 2.75) is 39.9 Å². The van der Waals surface area contributed by atoms with Crippen molar-refractivity contribution in [3.05, 3.63) is 53.6 Å². The van der Waals surface area contributed by atoms with E-state index in [9.17, 15) is 19.2 Å². The highest BCUT2D eigenvalue weighted by atomic mass is 16.6. The van der Waals surface area contributed by atoms with E-state index in [1.807, 2.05) is 0 Å². The molecule has 2 aromatic carbocycles. The molecule has 11 nitrogen and oxygen atoms in total. The minimum Gasteiger partial charge on any atom is -0.493 e. The largest absolute Gasteiger partial charge is 0.493 e. The lowest BCUT2D eigenvalue weighted by Gasteiger charge is -2.28. The summed E-state index contributed by atoms with van der Waals surface area (Å²) in [6.45, 7) is 4.90. The van der Waals surface area contributed by atoms with Crippen LogP contribution in [0.25, 0.3) is 6.08 Å². The van der Waals surface area contributed by atoms with Crippen LogP contribution in [0.4, 0.5) is 0 Å². The van der Waals surface area contributed by atoms with E-state index in [4.69, 9.17) is 33.2 Å². The van der Waals surface area contributed by atoms with Gasteiger partial charge in [-0.3, -0.25) is 19.2 Å². The van der Waals surface area contributed by atoms with E-state index in [0.29, 0.717) is 11.3 Å². The molecular formula is C28H32O11. The van der Waals surface area contributed by atoms with Crippen molar-refractivity contribution >= 4 is 30.0 Å². The van der Waals surface area contributed by atoms with Gasteiger partial charge in [-0.15, -0.1) is 0 Å². The van der Waals surface area contributed by atoms with Gasteiger partial charge < -0.3 is 33.2 Å². The lowest BCUT2D eigenvalue weighted by atomic mass is 10.0. The average Bonchev–Trinajstić information content (AvgIpc) is 2.87. The van der Waals surface area contributed by atoms with Crippen LogP contribution in [0.15, 0.2) is 42.5 Å². The Morgan fingerprint density at radius 1 is 0.744 bits per heavy atom. The van der Waals surface area contributed by atoms with Gasteiger partial charge in [-0.1, -0.05) is 18.2 Å². The molecule has 0 aromatic heterocycles. The highest BCUT2D eigenvalue weighted by Crippen LogP contribution is 2.36. The monoisotopic (exact) mass is 544 g/mol. The van der Waals surface area contributed by atoms with Crippen molar-refractivity contribution in [1.82, 2.24) is 0 Å². The van der Waals surface area contributed by atoms with Crippen LogP contribution in [0.1, 0.15) is 44.9 Å². The first-order chi connectivity index (χ1) is 18.5. The van der Waals surface area contributed by atoms with Crippen LogP contribution in [0.2, 0.25) is 0 Å². The molecule has 0 radical (unpaired) electrons. The topological polar surface area (TPSA) is 133 Å². The number of methoxy groups -OCH3 is 2. The van der Waals surface area contributed by atoms with Crippen LogP contribution in [0.3, 0.4) is 0 Å². The van der Waals surface area contributed by atoms with Gasteiger partial charge in [0.1, 0.15) is 13.2 Å². The summed E-state index contributed by atoms with van der Waals surface area (Å²) in [5, 5.41) is 0. The molecule has 0 heterocycles. The van der Waals surface area contributed by atoms with Gasteiger partial charge in [-0.2, -0.15) is 0 Å². The van der Waals surface area contributed by atoms with Crippen LogP contribution in [0, 0.1) is 0 Å². The van der Waals surface area contributed by atoms with E-state index < -0.39 is 30.1 Å². The Hall–Kier alpha value is -4.54. The molecule has 0 aliphatic carbocycles. The van der Waals surface area contributed by atoms with E-state index in [2.05, 4.69) is 0 Å². The molecule has 2 atom stereocenters. The molecule has 0 bridgehead atoms. The van der Waals surface area contributed by atoms with Gasteiger partial charge in [0, 0.05) is 33.3 Å². The zero-order valence-corrected chi connectivity index (χ0v) is 22.7. The van der Waals surface area contributed by atoms with E-state index in [0.717, 1.165) is 5.56 Å². The van der Waals surface area contributed by atoms with Crippen molar-refractivity contribution in [2.75, 3.05) is 27.4 Å². The fourth-order valence-electron chi connectivity index (χ4n) is 3.42. The first-order valence-electron chi connectivity index (χ1n) is 11.9. The third-order valence-corrected chi connectivity index (χ3v) is 5.01. The van der Waals surface area contributed by atoms with Crippen LogP contribution in [-0.4, -0.2) is 57.4 Å². The molecule has 210 valence electrons. The number of esters is 4. The lowest BCUT2D eigenvalue weighted by molar-refractivity contribution is -0.157. The molecule has 2 aromatic rings. The summed E-state index contributed by atoms with van der Waals surface area (Å²) >= 11 is 0. The second kappa shape index (κ2) is 15.0. The molecule has 0 spiro atoms. The van der Waals surface area contributed by atoms with Gasteiger partial charge in [-0.05, 0) is 35.9 Å². The normalized spacial score (nSPS) is 12.2. The molecule has 11 heteroatoms. The smallest absolute Gasteiger partial charge is 0.308 e. The molecule has 39 heavy (non-hydrogen) atoms. The Kier molecular flexibility index (Phi) is 11.8. The number of carbonyl (C=O) groups is 4. The molecule has 0 aliphatic rings. The SMILES string of the molecule is COc1cc([C@@H](OC(C)=O)[C@@H](COC(C)=O)Oc2ccc(/C=C/COC(C)=O)cc2OC)ccc1OC(C)=O. The maximum absolute atomic E-state index is 12.1. The Morgan fingerprint density at radius 3 is 1.97 bits per heavy atom. The predicted molar refractivity (Wildman–Crippen MR) is 139 cm³/mol. The molecule has 0 aliphatic heterocycles. The van der Waals surface area contributed by atoms with Gasteiger partial charge in [0.05, 0.1) is 14.2 Å². The third-order valence-electron chi connectivity index (χ3n) is 5.01. The summed E-state index contributed by atoms with van der Waals surface area (Å²) in [5.41, 5.74) is 1.17. The summed E-state index contributed by atoms with van der Waals surface area (Å²) in [4.78, 5) is 46.1. The summed E-state index contributed by atoms with van der Waals surface area (Å²) in [6.07, 6.45) is 1.34. The standard InChI is InChI=1S/C28H32O11/c1-17(29)35-13-7-8-21-9-11-24(25(14-21)33-5)39-27(16-36-18(2)30)28(38-20(4)32)22-10-12-23(37-19(3)31)26(15-22)34-6/h7-12,14-15,27-28H,13,16H2,1-6H3/b8-7+/t27-,28-/m1/s1. The number of hydrogen-bond donors (Lipinski definition) is 0. The minimum atomic E-state index is -1.06. The predicted octanol–water partition coefficient (Wildman–Crippen LogP) is 3.82. The summed E-state index contributed by atoms with van der Waals surface area (Å²) in [7, 11) is 2.85. The van der Waals surface area contributed by atoms with Crippen molar-refractivity contribution < 1.29 is 52.3 Å². The van der Waals surface area contributed by atoms with Crippen LogP contribution in [0.5, 0.6) is 23.0 Å². The summed E-state index contributed by atoms with van der Waals surface area (Å²) in [5.74, 6) is -1.08. The molecule has 0 amide bonds.